The molecule has 1 amide bonds. The number of carbonyl (C=O) groups excluding carboxylic acids is 1. The van der Waals surface area contributed by atoms with Gasteiger partial charge in [-0.3, -0.25) is 15.1 Å². The maximum Gasteiger partial charge on any atom is 0.409 e. The summed E-state index contributed by atoms with van der Waals surface area (Å²) < 4.78 is 5.02. The first kappa shape index (κ1) is 16.0. The van der Waals surface area contributed by atoms with Gasteiger partial charge in [-0.1, -0.05) is 0 Å². The molecule has 0 saturated carbocycles. The van der Waals surface area contributed by atoms with Gasteiger partial charge in [0.2, 0.25) is 0 Å². The van der Waals surface area contributed by atoms with Gasteiger partial charge in [0.1, 0.15) is 0 Å². The van der Waals surface area contributed by atoms with E-state index in [-0.39, 0.29) is 11.8 Å². The van der Waals surface area contributed by atoms with Gasteiger partial charge in [-0.25, -0.2) is 4.79 Å². The number of carbonyl (C=O) groups is 1. The van der Waals surface area contributed by atoms with E-state index in [1.54, 1.807) is 30.2 Å². The van der Waals surface area contributed by atoms with Gasteiger partial charge in [0, 0.05) is 55.7 Å². The third-order valence-electron chi connectivity index (χ3n) is 4.12. The van der Waals surface area contributed by atoms with Crippen molar-refractivity contribution in [2.75, 3.05) is 37.7 Å². The molecule has 0 spiro atoms. The first-order valence-electron chi connectivity index (χ1n) is 7.79. The normalized spacial score (nSPS) is 14.7. The van der Waals surface area contributed by atoms with Gasteiger partial charge in [0.15, 0.2) is 0 Å². The number of rotatable bonds is 3. The number of piperazine rings is 1. The van der Waals surface area contributed by atoms with Crippen LogP contribution in [0.3, 0.4) is 0 Å². The van der Waals surface area contributed by atoms with E-state index in [0.717, 1.165) is 11.1 Å². The standard InChI is InChI=1S/C16H18N4O4/c1-2-24-16(21)19-9-7-18(8-10-19)14-3-4-15(20(22)23)13-11-17-6-5-12(13)14/h3-6,11H,2,7-10H2,1H3. The molecule has 1 aliphatic heterocycles. The molecule has 8 heteroatoms. The molecule has 126 valence electrons. The maximum atomic E-state index is 11.8. The average molecular weight is 330 g/mol. The molecule has 0 bridgehead atoms. The van der Waals surface area contributed by atoms with E-state index in [9.17, 15) is 14.9 Å². The van der Waals surface area contributed by atoms with Crippen LogP contribution < -0.4 is 4.90 Å². The molecule has 1 saturated heterocycles. The topological polar surface area (TPSA) is 88.8 Å². The maximum absolute atomic E-state index is 11.8. The Kier molecular flexibility index (Phi) is 4.45. The Balaban J connectivity index is 1.85. The summed E-state index contributed by atoms with van der Waals surface area (Å²) in [6.45, 7) is 4.55. The third-order valence-corrected chi connectivity index (χ3v) is 4.12. The third kappa shape index (κ3) is 2.94. The summed E-state index contributed by atoms with van der Waals surface area (Å²) in [5, 5.41) is 12.5. The number of ether oxygens (including phenoxy) is 1. The minimum Gasteiger partial charge on any atom is -0.450 e. The molecule has 24 heavy (non-hydrogen) atoms. The van der Waals surface area contributed by atoms with E-state index in [1.165, 1.54) is 12.3 Å². The number of nitrogens with zero attached hydrogens (tertiary/aromatic N) is 4. The molecule has 1 fully saturated rings. The van der Waals surface area contributed by atoms with E-state index in [2.05, 4.69) is 9.88 Å². The summed E-state index contributed by atoms with van der Waals surface area (Å²) in [6.07, 6.45) is 2.85. The zero-order valence-electron chi connectivity index (χ0n) is 13.3. The molecule has 0 radical (unpaired) electrons. The molecule has 2 aromatic rings. The highest BCUT2D eigenvalue weighted by Crippen LogP contribution is 2.33. The number of nitro benzene ring substituents is 1. The Morgan fingerprint density at radius 2 is 2.00 bits per heavy atom. The number of aromatic nitrogens is 1. The van der Waals surface area contributed by atoms with Gasteiger partial charge in [0.25, 0.3) is 5.69 Å². The van der Waals surface area contributed by atoms with Gasteiger partial charge in [-0.05, 0) is 19.1 Å². The largest absolute Gasteiger partial charge is 0.450 e. The number of non-ortho nitro benzene ring substituents is 1. The van der Waals surface area contributed by atoms with Crippen molar-refractivity contribution in [1.29, 1.82) is 0 Å². The van der Waals surface area contributed by atoms with Crippen molar-refractivity contribution < 1.29 is 14.5 Å². The highest BCUT2D eigenvalue weighted by Gasteiger charge is 2.24. The molecule has 0 atom stereocenters. The monoisotopic (exact) mass is 330 g/mol. The van der Waals surface area contributed by atoms with Crippen LogP contribution in [0, 0.1) is 10.1 Å². The zero-order valence-corrected chi connectivity index (χ0v) is 13.3. The Labute approximate surface area is 138 Å². The predicted octanol–water partition coefficient (Wildman–Crippen LogP) is 2.42. The number of benzene rings is 1. The van der Waals surface area contributed by atoms with Crippen LogP contribution in [0.5, 0.6) is 0 Å². The van der Waals surface area contributed by atoms with Crippen LogP contribution in [0.1, 0.15) is 6.92 Å². The summed E-state index contributed by atoms with van der Waals surface area (Å²) in [4.78, 5) is 30.4. The summed E-state index contributed by atoms with van der Waals surface area (Å²) in [6, 6.07) is 5.06. The Morgan fingerprint density at radius 3 is 2.67 bits per heavy atom. The van der Waals surface area contributed by atoms with Crippen LogP contribution in [0.25, 0.3) is 10.8 Å². The Morgan fingerprint density at radius 1 is 1.25 bits per heavy atom. The second kappa shape index (κ2) is 6.69. The fourth-order valence-electron chi connectivity index (χ4n) is 2.94. The quantitative estimate of drug-likeness (QED) is 0.634. The molecule has 0 unspecified atom stereocenters. The lowest BCUT2D eigenvalue weighted by Crippen LogP contribution is -2.49. The van der Waals surface area contributed by atoms with Gasteiger partial charge in [-0.15, -0.1) is 0 Å². The predicted molar refractivity (Wildman–Crippen MR) is 89.2 cm³/mol. The minimum absolute atomic E-state index is 0.0482. The number of nitro groups is 1. The summed E-state index contributed by atoms with van der Waals surface area (Å²) >= 11 is 0. The molecule has 3 rings (SSSR count). The summed E-state index contributed by atoms with van der Waals surface area (Å²) in [5.41, 5.74) is 0.966. The van der Waals surface area contributed by atoms with E-state index in [4.69, 9.17) is 4.74 Å². The van der Waals surface area contributed by atoms with Crippen LogP contribution >= 0.6 is 0 Å². The van der Waals surface area contributed by atoms with E-state index >= 15 is 0 Å². The van der Waals surface area contributed by atoms with Crippen molar-refractivity contribution >= 4 is 28.2 Å². The number of hydrogen-bond acceptors (Lipinski definition) is 6. The Bertz CT molecular complexity index is 772. The van der Waals surface area contributed by atoms with Crippen molar-refractivity contribution in [3.05, 3.63) is 40.7 Å². The van der Waals surface area contributed by atoms with Crippen LogP contribution in [0.4, 0.5) is 16.2 Å². The lowest BCUT2D eigenvalue weighted by atomic mass is 10.1. The highest BCUT2D eigenvalue weighted by molar-refractivity contribution is 5.99. The first-order valence-corrected chi connectivity index (χ1v) is 7.79. The molecule has 0 aliphatic carbocycles. The van der Waals surface area contributed by atoms with Crippen LogP contribution in [0.15, 0.2) is 30.6 Å². The summed E-state index contributed by atoms with van der Waals surface area (Å²) in [5.74, 6) is 0. The number of amides is 1. The highest BCUT2D eigenvalue weighted by atomic mass is 16.6. The van der Waals surface area contributed by atoms with E-state index in [1.807, 2.05) is 0 Å². The van der Waals surface area contributed by atoms with Crippen molar-refractivity contribution in [2.45, 2.75) is 6.92 Å². The average Bonchev–Trinajstić information content (AvgIpc) is 2.61. The van der Waals surface area contributed by atoms with Gasteiger partial charge in [-0.2, -0.15) is 0 Å². The number of pyridine rings is 1. The van der Waals surface area contributed by atoms with E-state index in [0.29, 0.717) is 38.2 Å². The fraction of sp³-hybridized carbons (Fsp3) is 0.375. The lowest BCUT2D eigenvalue weighted by molar-refractivity contribution is -0.383. The molecule has 8 nitrogen and oxygen atoms in total. The first-order chi connectivity index (χ1) is 11.6. The molecular formula is C16H18N4O4. The molecular weight excluding hydrogens is 312 g/mol. The molecule has 1 aliphatic rings. The van der Waals surface area contributed by atoms with Crippen LogP contribution in [0.2, 0.25) is 0 Å². The number of hydrogen-bond donors (Lipinski definition) is 0. The molecule has 2 heterocycles. The van der Waals surface area contributed by atoms with Crippen molar-refractivity contribution in [3.8, 4) is 0 Å². The van der Waals surface area contributed by atoms with Gasteiger partial charge < -0.3 is 14.5 Å². The number of anilines is 1. The van der Waals surface area contributed by atoms with Gasteiger partial charge >= 0.3 is 6.09 Å². The molecule has 1 aromatic heterocycles. The van der Waals surface area contributed by atoms with Gasteiger partial charge in [0.05, 0.1) is 16.9 Å². The number of fused-ring (bicyclic) bond motifs is 1. The SMILES string of the molecule is CCOC(=O)N1CCN(c2ccc([N+](=O)[O-])c3cnccc23)CC1. The lowest BCUT2D eigenvalue weighted by Gasteiger charge is -2.35. The second-order valence-corrected chi connectivity index (χ2v) is 5.46. The van der Waals surface area contributed by atoms with Crippen molar-refractivity contribution in [3.63, 3.8) is 0 Å². The second-order valence-electron chi connectivity index (χ2n) is 5.46. The fourth-order valence-corrected chi connectivity index (χ4v) is 2.94. The van der Waals surface area contributed by atoms with Crippen molar-refractivity contribution in [1.82, 2.24) is 9.88 Å². The minimum atomic E-state index is -0.396. The van der Waals surface area contributed by atoms with Crippen LogP contribution in [-0.2, 0) is 4.74 Å². The molecule has 0 N–H and O–H groups in total. The molecule has 1 aromatic carbocycles. The van der Waals surface area contributed by atoms with Crippen molar-refractivity contribution in [2.24, 2.45) is 0 Å². The zero-order chi connectivity index (χ0) is 17.1. The smallest absolute Gasteiger partial charge is 0.409 e. The Hall–Kier alpha value is -2.90. The summed E-state index contributed by atoms with van der Waals surface area (Å²) in [7, 11) is 0. The van der Waals surface area contributed by atoms with Crippen LogP contribution in [-0.4, -0.2) is 53.7 Å². The van der Waals surface area contributed by atoms with E-state index < -0.39 is 4.92 Å².